The minimum atomic E-state index is -0.886. The van der Waals surface area contributed by atoms with Crippen molar-refractivity contribution in [3.05, 3.63) is 48.7 Å². The van der Waals surface area contributed by atoms with E-state index in [9.17, 15) is 5.11 Å². The molecule has 182 valence electrons. The predicted octanol–water partition coefficient (Wildman–Crippen LogP) is 2.01. The van der Waals surface area contributed by atoms with Gasteiger partial charge in [-0.15, -0.1) is 0 Å². The van der Waals surface area contributed by atoms with Crippen LogP contribution in [-0.2, 0) is 6.54 Å². The van der Waals surface area contributed by atoms with Crippen LogP contribution in [0.3, 0.4) is 0 Å². The third kappa shape index (κ3) is 5.00. The number of aliphatic hydroxyl groups is 2. The monoisotopic (exact) mass is 477 g/mol. The van der Waals surface area contributed by atoms with Gasteiger partial charge in [-0.2, -0.15) is 5.10 Å². The average molecular weight is 478 g/mol. The van der Waals surface area contributed by atoms with Crippen molar-refractivity contribution in [2.45, 2.75) is 31.9 Å². The zero-order valence-electron chi connectivity index (χ0n) is 19.3. The van der Waals surface area contributed by atoms with Crippen molar-refractivity contribution in [2.24, 2.45) is 0 Å². The molecule has 0 aromatic carbocycles. The van der Waals surface area contributed by atoms with E-state index in [-0.39, 0.29) is 19.1 Å². The van der Waals surface area contributed by atoms with Gasteiger partial charge in [0.15, 0.2) is 11.4 Å². The van der Waals surface area contributed by atoms with E-state index in [1.807, 2.05) is 18.2 Å². The van der Waals surface area contributed by atoms with Crippen LogP contribution in [0.5, 0.6) is 11.6 Å². The highest BCUT2D eigenvalue weighted by atomic mass is 16.6. The summed E-state index contributed by atoms with van der Waals surface area (Å²) in [5, 5.41) is 27.2. The number of rotatable bonds is 9. The van der Waals surface area contributed by atoms with Crippen LogP contribution in [0.4, 0.5) is 5.82 Å². The Bertz CT molecular complexity index is 1310. The summed E-state index contributed by atoms with van der Waals surface area (Å²) in [6.45, 7) is 3.77. The van der Waals surface area contributed by atoms with E-state index in [1.165, 1.54) is 6.33 Å². The Morgan fingerprint density at radius 3 is 2.89 bits per heavy atom. The predicted molar refractivity (Wildman–Crippen MR) is 128 cm³/mol. The van der Waals surface area contributed by atoms with Crippen molar-refractivity contribution in [2.75, 3.05) is 31.7 Å². The molecular formula is C24H27N7O4. The molecule has 0 fully saturated rings. The van der Waals surface area contributed by atoms with Gasteiger partial charge in [-0.25, -0.2) is 24.6 Å². The van der Waals surface area contributed by atoms with Crippen molar-refractivity contribution in [1.82, 2.24) is 29.7 Å². The van der Waals surface area contributed by atoms with E-state index in [0.29, 0.717) is 31.3 Å². The summed E-state index contributed by atoms with van der Waals surface area (Å²) in [7, 11) is 0. The summed E-state index contributed by atoms with van der Waals surface area (Å²) in [5.41, 5.74) is 3.29. The second-order valence-corrected chi connectivity index (χ2v) is 8.44. The Kier molecular flexibility index (Phi) is 6.68. The molecule has 5 heterocycles. The van der Waals surface area contributed by atoms with Gasteiger partial charge in [0, 0.05) is 41.5 Å². The first kappa shape index (κ1) is 22.9. The number of aromatic nitrogens is 6. The standard InChI is InChI=1S/C24H27N7O4/c1-15(19-3-5-26-24-22(19)34-6-7-35-24)2-4-25-21-9-20(28-14-29-21)16-8-17-11-30-31(12-18(33)13-32)23(17)27-10-16/h3,5,8-11,14-15,18,32-33H,2,4,6-7,12-13H2,1H3,(H,25,28,29)/t15?,18-/m1/s1. The molecule has 4 aromatic heterocycles. The molecule has 2 atom stereocenters. The summed E-state index contributed by atoms with van der Waals surface area (Å²) >= 11 is 0. The van der Waals surface area contributed by atoms with Crippen LogP contribution >= 0.6 is 0 Å². The van der Waals surface area contributed by atoms with Crippen molar-refractivity contribution >= 4 is 16.9 Å². The summed E-state index contributed by atoms with van der Waals surface area (Å²) < 4.78 is 13.0. The molecule has 3 N–H and O–H groups in total. The number of nitrogens with one attached hydrogen (secondary N) is 1. The molecule has 4 aromatic rings. The van der Waals surface area contributed by atoms with E-state index in [2.05, 4.69) is 37.3 Å². The van der Waals surface area contributed by atoms with Crippen molar-refractivity contribution < 1.29 is 19.7 Å². The van der Waals surface area contributed by atoms with Crippen LogP contribution in [0.15, 0.2) is 43.1 Å². The fraction of sp³-hybridized carbons (Fsp3) is 0.375. The van der Waals surface area contributed by atoms with Gasteiger partial charge in [0.05, 0.1) is 31.1 Å². The highest BCUT2D eigenvalue weighted by Gasteiger charge is 2.20. The Morgan fingerprint density at radius 2 is 2.00 bits per heavy atom. The quantitative estimate of drug-likeness (QED) is 0.328. The Labute approximate surface area is 201 Å². The largest absolute Gasteiger partial charge is 0.484 e. The maximum Gasteiger partial charge on any atom is 0.257 e. The molecule has 0 bridgehead atoms. The minimum Gasteiger partial charge on any atom is -0.484 e. The van der Waals surface area contributed by atoms with Gasteiger partial charge in [0.2, 0.25) is 0 Å². The van der Waals surface area contributed by atoms with E-state index < -0.39 is 6.10 Å². The molecule has 1 aliphatic rings. The molecule has 0 aliphatic carbocycles. The van der Waals surface area contributed by atoms with Crippen LogP contribution in [0.1, 0.15) is 24.8 Å². The topological polar surface area (TPSA) is 140 Å². The van der Waals surface area contributed by atoms with Crippen LogP contribution in [-0.4, -0.2) is 72.4 Å². The Balaban J connectivity index is 1.25. The summed E-state index contributed by atoms with van der Waals surface area (Å²) in [5.74, 6) is 2.28. The van der Waals surface area contributed by atoms with Gasteiger partial charge in [-0.05, 0) is 24.5 Å². The lowest BCUT2D eigenvalue weighted by atomic mass is 9.97. The third-order valence-electron chi connectivity index (χ3n) is 5.92. The van der Waals surface area contributed by atoms with Crippen LogP contribution in [0.25, 0.3) is 22.3 Å². The highest BCUT2D eigenvalue weighted by Crippen LogP contribution is 2.36. The SMILES string of the molecule is CC(CCNc1cc(-c2cnc3c(cnn3C[C@@H](O)CO)c2)ncn1)c1ccnc2c1OCCO2. The number of nitrogens with zero attached hydrogens (tertiary/aromatic N) is 6. The lowest BCUT2D eigenvalue weighted by molar-refractivity contribution is 0.0792. The highest BCUT2D eigenvalue weighted by molar-refractivity contribution is 5.80. The van der Waals surface area contributed by atoms with Gasteiger partial charge in [-0.1, -0.05) is 6.92 Å². The molecule has 1 unspecified atom stereocenters. The molecule has 0 spiro atoms. The molecule has 11 nitrogen and oxygen atoms in total. The Morgan fingerprint density at radius 1 is 1.11 bits per heavy atom. The van der Waals surface area contributed by atoms with E-state index in [0.717, 1.165) is 40.2 Å². The van der Waals surface area contributed by atoms with Crippen LogP contribution in [0.2, 0.25) is 0 Å². The van der Waals surface area contributed by atoms with Gasteiger partial charge >= 0.3 is 0 Å². The first-order valence-corrected chi connectivity index (χ1v) is 11.5. The summed E-state index contributed by atoms with van der Waals surface area (Å²) in [6.07, 6.45) is 6.66. The van der Waals surface area contributed by atoms with E-state index in [1.54, 1.807) is 23.3 Å². The molecule has 0 radical (unpaired) electrons. The van der Waals surface area contributed by atoms with Crippen molar-refractivity contribution in [1.29, 1.82) is 0 Å². The van der Waals surface area contributed by atoms with Gasteiger partial charge in [0.1, 0.15) is 25.4 Å². The molecule has 0 saturated carbocycles. The summed E-state index contributed by atoms with van der Waals surface area (Å²) in [4.78, 5) is 17.5. The second-order valence-electron chi connectivity index (χ2n) is 8.44. The lowest BCUT2D eigenvalue weighted by Gasteiger charge is -2.22. The van der Waals surface area contributed by atoms with Crippen LogP contribution < -0.4 is 14.8 Å². The number of ether oxygens (including phenoxy) is 2. The maximum absolute atomic E-state index is 9.70. The molecule has 11 heteroatoms. The fourth-order valence-corrected chi connectivity index (χ4v) is 4.05. The summed E-state index contributed by atoms with van der Waals surface area (Å²) in [6, 6.07) is 5.81. The van der Waals surface area contributed by atoms with Crippen LogP contribution in [0, 0.1) is 0 Å². The smallest absolute Gasteiger partial charge is 0.257 e. The normalized spacial score (nSPS) is 14.6. The van der Waals surface area contributed by atoms with Gasteiger partial charge < -0.3 is 25.0 Å². The Hall–Kier alpha value is -3.83. The van der Waals surface area contributed by atoms with Gasteiger partial charge in [-0.3, -0.25) is 0 Å². The minimum absolute atomic E-state index is 0.174. The zero-order valence-corrected chi connectivity index (χ0v) is 19.3. The first-order valence-electron chi connectivity index (χ1n) is 11.5. The average Bonchev–Trinajstić information content (AvgIpc) is 3.30. The number of aliphatic hydroxyl groups excluding tert-OH is 2. The number of fused-ring (bicyclic) bond motifs is 2. The molecule has 1 aliphatic heterocycles. The fourth-order valence-electron chi connectivity index (χ4n) is 4.05. The van der Waals surface area contributed by atoms with Crippen molar-refractivity contribution in [3.8, 4) is 22.9 Å². The van der Waals surface area contributed by atoms with E-state index in [4.69, 9.17) is 14.6 Å². The van der Waals surface area contributed by atoms with Crippen molar-refractivity contribution in [3.63, 3.8) is 0 Å². The lowest BCUT2D eigenvalue weighted by Crippen LogP contribution is -2.20. The molecule has 0 saturated heterocycles. The molecule has 35 heavy (non-hydrogen) atoms. The number of hydrogen-bond acceptors (Lipinski definition) is 10. The molecule has 5 rings (SSSR count). The number of hydrogen-bond donors (Lipinski definition) is 3. The molecular weight excluding hydrogens is 450 g/mol. The van der Waals surface area contributed by atoms with E-state index >= 15 is 0 Å². The van der Waals surface area contributed by atoms with Gasteiger partial charge in [0.25, 0.3) is 5.88 Å². The molecule has 0 amide bonds. The maximum atomic E-state index is 9.70. The first-order chi connectivity index (χ1) is 17.1. The number of anilines is 1. The third-order valence-corrected chi connectivity index (χ3v) is 5.92. The zero-order chi connectivity index (χ0) is 24.2. The number of pyridine rings is 2. The second kappa shape index (κ2) is 10.2.